The molecule has 2 fully saturated rings. The lowest BCUT2D eigenvalue weighted by atomic mass is 9.89. The van der Waals surface area contributed by atoms with Crippen molar-refractivity contribution in [2.24, 2.45) is 11.8 Å². The fraction of sp³-hybridized carbons (Fsp3) is 0.692. The molecule has 1 aromatic rings. The highest BCUT2D eigenvalue weighted by Gasteiger charge is 2.34. The molecule has 2 aliphatic heterocycles. The molecule has 5 heteroatoms. The number of fused-ring (bicyclic) bond motifs is 1. The predicted octanol–water partition coefficient (Wildman–Crippen LogP) is 1.22. The van der Waals surface area contributed by atoms with Gasteiger partial charge in [-0.15, -0.1) is 0 Å². The Morgan fingerprint density at radius 3 is 3.06 bits per heavy atom. The van der Waals surface area contributed by atoms with Gasteiger partial charge in [0.25, 0.3) is 0 Å². The summed E-state index contributed by atoms with van der Waals surface area (Å²) in [7, 11) is 0. The van der Waals surface area contributed by atoms with E-state index in [9.17, 15) is 4.39 Å². The van der Waals surface area contributed by atoms with E-state index in [0.717, 1.165) is 38.5 Å². The first-order valence-electron chi connectivity index (χ1n) is 6.74. The number of rotatable bonds is 2. The first-order chi connectivity index (χ1) is 8.79. The lowest BCUT2D eigenvalue weighted by Crippen LogP contribution is -2.41. The summed E-state index contributed by atoms with van der Waals surface area (Å²) in [6, 6.07) is 0. The number of hydrogen-bond acceptors (Lipinski definition) is 4. The average molecular weight is 250 g/mol. The van der Waals surface area contributed by atoms with E-state index in [1.165, 1.54) is 6.33 Å². The van der Waals surface area contributed by atoms with E-state index in [-0.39, 0.29) is 5.82 Å². The number of hydrogen-bond donors (Lipinski definition) is 1. The molecule has 2 aliphatic rings. The SMILES string of the molecule is CCc1ncnc(N2CCC3CNCC3C2)c1F. The van der Waals surface area contributed by atoms with E-state index in [1.54, 1.807) is 0 Å². The maximum absolute atomic E-state index is 14.2. The van der Waals surface area contributed by atoms with Crippen LogP contribution in [-0.2, 0) is 6.42 Å². The molecule has 0 aliphatic carbocycles. The summed E-state index contributed by atoms with van der Waals surface area (Å²) in [4.78, 5) is 10.2. The summed E-state index contributed by atoms with van der Waals surface area (Å²) in [6.07, 6.45) is 3.22. The standard InChI is InChI=1S/C13H19FN4/c1-2-11-12(14)13(17-8-16-11)18-4-3-9-5-15-6-10(9)7-18/h8-10,15H,2-7H2,1H3. The summed E-state index contributed by atoms with van der Waals surface area (Å²) in [5.41, 5.74) is 0.520. The van der Waals surface area contributed by atoms with Crippen molar-refractivity contribution in [3.63, 3.8) is 0 Å². The molecule has 1 aromatic heterocycles. The van der Waals surface area contributed by atoms with E-state index in [2.05, 4.69) is 20.2 Å². The molecule has 3 rings (SSSR count). The Hall–Kier alpha value is -1.23. The lowest BCUT2D eigenvalue weighted by molar-refractivity contribution is 0.345. The minimum atomic E-state index is -0.232. The third kappa shape index (κ3) is 1.96. The van der Waals surface area contributed by atoms with Gasteiger partial charge >= 0.3 is 0 Å². The Morgan fingerprint density at radius 2 is 2.22 bits per heavy atom. The number of aromatic nitrogens is 2. The van der Waals surface area contributed by atoms with Crippen LogP contribution in [0, 0.1) is 17.7 Å². The van der Waals surface area contributed by atoms with Crippen LogP contribution in [0.5, 0.6) is 0 Å². The van der Waals surface area contributed by atoms with Gasteiger partial charge in [0.15, 0.2) is 11.6 Å². The van der Waals surface area contributed by atoms with Gasteiger partial charge in [0, 0.05) is 13.1 Å². The lowest BCUT2D eigenvalue weighted by Gasteiger charge is -2.35. The second-order valence-electron chi connectivity index (χ2n) is 5.22. The van der Waals surface area contributed by atoms with E-state index < -0.39 is 0 Å². The van der Waals surface area contributed by atoms with Crippen molar-refractivity contribution in [3.8, 4) is 0 Å². The summed E-state index contributed by atoms with van der Waals surface area (Å²) in [5.74, 6) is 1.66. The van der Waals surface area contributed by atoms with Gasteiger partial charge in [0.05, 0.1) is 5.69 Å². The molecule has 0 bridgehead atoms. The number of anilines is 1. The Balaban J connectivity index is 1.82. The van der Waals surface area contributed by atoms with Crippen LogP contribution in [0.15, 0.2) is 6.33 Å². The number of aryl methyl sites for hydroxylation is 1. The molecule has 0 radical (unpaired) electrons. The fourth-order valence-electron chi connectivity index (χ4n) is 3.09. The highest BCUT2D eigenvalue weighted by Crippen LogP contribution is 2.30. The summed E-state index contributed by atoms with van der Waals surface area (Å²) < 4.78 is 14.2. The number of piperidine rings is 1. The number of nitrogens with one attached hydrogen (secondary N) is 1. The second kappa shape index (κ2) is 4.80. The van der Waals surface area contributed by atoms with Gasteiger partial charge in [-0.1, -0.05) is 6.92 Å². The van der Waals surface area contributed by atoms with Crippen molar-refractivity contribution in [2.75, 3.05) is 31.1 Å². The highest BCUT2D eigenvalue weighted by molar-refractivity contribution is 5.41. The molecule has 18 heavy (non-hydrogen) atoms. The molecule has 4 nitrogen and oxygen atoms in total. The minimum absolute atomic E-state index is 0.232. The van der Waals surface area contributed by atoms with E-state index in [0.29, 0.717) is 23.9 Å². The highest BCUT2D eigenvalue weighted by atomic mass is 19.1. The van der Waals surface area contributed by atoms with E-state index in [1.807, 2.05) is 6.92 Å². The van der Waals surface area contributed by atoms with Crippen LogP contribution in [0.2, 0.25) is 0 Å². The average Bonchev–Trinajstić information content (AvgIpc) is 2.86. The van der Waals surface area contributed by atoms with Crippen molar-refractivity contribution < 1.29 is 4.39 Å². The van der Waals surface area contributed by atoms with Gasteiger partial charge in [-0.25, -0.2) is 14.4 Å². The van der Waals surface area contributed by atoms with Crippen molar-refractivity contribution in [1.82, 2.24) is 15.3 Å². The molecule has 1 N–H and O–H groups in total. The van der Waals surface area contributed by atoms with Gasteiger partial charge in [-0.05, 0) is 37.8 Å². The first-order valence-corrected chi connectivity index (χ1v) is 6.74. The maximum atomic E-state index is 14.2. The van der Waals surface area contributed by atoms with Gasteiger partial charge < -0.3 is 10.2 Å². The van der Waals surface area contributed by atoms with Crippen molar-refractivity contribution >= 4 is 5.82 Å². The zero-order chi connectivity index (χ0) is 12.5. The van der Waals surface area contributed by atoms with Crippen LogP contribution in [0.1, 0.15) is 19.0 Å². The van der Waals surface area contributed by atoms with Gasteiger partial charge in [0.1, 0.15) is 6.33 Å². The first kappa shape index (κ1) is 11.8. The van der Waals surface area contributed by atoms with Crippen LogP contribution < -0.4 is 10.2 Å². The van der Waals surface area contributed by atoms with Crippen LogP contribution in [0.25, 0.3) is 0 Å². The van der Waals surface area contributed by atoms with Crippen molar-refractivity contribution in [2.45, 2.75) is 19.8 Å². The van der Waals surface area contributed by atoms with Crippen LogP contribution in [-0.4, -0.2) is 36.1 Å². The van der Waals surface area contributed by atoms with Crippen molar-refractivity contribution in [1.29, 1.82) is 0 Å². The third-order valence-electron chi connectivity index (χ3n) is 4.18. The number of nitrogens with zero attached hydrogens (tertiary/aromatic N) is 3. The molecule has 2 unspecified atom stereocenters. The summed E-state index contributed by atoms with van der Waals surface area (Å²) in [5, 5.41) is 3.42. The number of halogens is 1. The summed E-state index contributed by atoms with van der Waals surface area (Å²) >= 11 is 0. The Labute approximate surface area is 107 Å². The Kier molecular flexibility index (Phi) is 3.16. The second-order valence-corrected chi connectivity index (χ2v) is 5.22. The summed E-state index contributed by atoms with van der Waals surface area (Å²) in [6.45, 7) is 5.90. The largest absolute Gasteiger partial charge is 0.354 e. The molecular formula is C13H19FN4. The molecule has 98 valence electrons. The van der Waals surface area contributed by atoms with Gasteiger partial charge in [0.2, 0.25) is 0 Å². The molecule has 0 amide bonds. The Morgan fingerprint density at radius 1 is 1.39 bits per heavy atom. The third-order valence-corrected chi connectivity index (χ3v) is 4.18. The molecule has 0 aromatic carbocycles. The van der Waals surface area contributed by atoms with Crippen LogP contribution in [0.3, 0.4) is 0 Å². The molecule has 2 atom stereocenters. The van der Waals surface area contributed by atoms with Crippen LogP contribution in [0.4, 0.5) is 10.2 Å². The quantitative estimate of drug-likeness (QED) is 0.857. The van der Waals surface area contributed by atoms with Crippen LogP contribution >= 0.6 is 0 Å². The predicted molar refractivity (Wildman–Crippen MR) is 68.0 cm³/mol. The topological polar surface area (TPSA) is 41.1 Å². The van der Waals surface area contributed by atoms with Gasteiger partial charge in [-0.3, -0.25) is 0 Å². The smallest absolute Gasteiger partial charge is 0.187 e. The fourth-order valence-corrected chi connectivity index (χ4v) is 3.09. The zero-order valence-electron chi connectivity index (χ0n) is 10.7. The molecular weight excluding hydrogens is 231 g/mol. The van der Waals surface area contributed by atoms with E-state index >= 15 is 0 Å². The van der Waals surface area contributed by atoms with Gasteiger partial charge in [-0.2, -0.15) is 0 Å². The van der Waals surface area contributed by atoms with E-state index in [4.69, 9.17) is 0 Å². The molecule has 3 heterocycles. The maximum Gasteiger partial charge on any atom is 0.187 e. The Bertz CT molecular complexity index is 437. The monoisotopic (exact) mass is 250 g/mol. The molecule has 0 spiro atoms. The molecule has 0 saturated carbocycles. The zero-order valence-corrected chi connectivity index (χ0v) is 10.7. The normalized spacial score (nSPS) is 27.3. The minimum Gasteiger partial charge on any atom is -0.354 e. The molecule has 2 saturated heterocycles. The van der Waals surface area contributed by atoms with Crippen molar-refractivity contribution in [3.05, 3.63) is 17.8 Å².